The van der Waals surface area contributed by atoms with Crippen LogP contribution in [-0.2, 0) is 4.79 Å². The Balaban J connectivity index is 1.67. The van der Waals surface area contributed by atoms with E-state index < -0.39 is 23.5 Å². The molecule has 0 bridgehead atoms. The number of benzene rings is 2. The highest BCUT2D eigenvalue weighted by Crippen LogP contribution is 2.43. The van der Waals surface area contributed by atoms with Crippen LogP contribution in [0.1, 0.15) is 22.2 Å². The Hall–Kier alpha value is -3.91. The molecule has 1 aliphatic heterocycles. The Morgan fingerprint density at radius 1 is 1.10 bits per heavy atom. The third-order valence-corrected chi connectivity index (χ3v) is 5.68. The summed E-state index contributed by atoms with van der Waals surface area (Å²) in [7, 11) is 0. The molecule has 2 aromatic carbocycles. The van der Waals surface area contributed by atoms with Crippen LogP contribution in [0.5, 0.6) is 5.75 Å². The van der Waals surface area contributed by atoms with Crippen molar-refractivity contribution in [1.29, 1.82) is 0 Å². The molecule has 0 radical (unpaired) electrons. The number of phenolic OH excluding ortho intramolecular Hbond substituents is 1. The predicted molar refractivity (Wildman–Crippen MR) is 111 cm³/mol. The zero-order chi connectivity index (χ0) is 20.8. The number of nitrogens with zero attached hydrogens (tertiary/aromatic N) is 2. The molecule has 1 amide bonds. The molecule has 0 saturated carbocycles. The molecule has 0 spiro atoms. The van der Waals surface area contributed by atoms with E-state index in [0.717, 1.165) is 5.39 Å². The number of furan rings is 1. The van der Waals surface area contributed by atoms with Gasteiger partial charge in [0.2, 0.25) is 5.78 Å². The minimum Gasteiger partial charge on any atom is -0.508 e. The first-order valence-corrected chi connectivity index (χ1v) is 9.91. The normalized spacial score (nSPS) is 16.6. The molecule has 7 nitrogen and oxygen atoms in total. The number of rotatable bonds is 4. The van der Waals surface area contributed by atoms with Crippen molar-refractivity contribution in [3.63, 3.8) is 0 Å². The van der Waals surface area contributed by atoms with E-state index in [1.165, 1.54) is 34.6 Å². The maximum Gasteiger partial charge on any atom is 0.296 e. The summed E-state index contributed by atoms with van der Waals surface area (Å²) >= 11 is 1.20. The van der Waals surface area contributed by atoms with Gasteiger partial charge in [-0.1, -0.05) is 30.3 Å². The van der Waals surface area contributed by atoms with Crippen molar-refractivity contribution in [1.82, 2.24) is 4.98 Å². The van der Waals surface area contributed by atoms with Gasteiger partial charge in [0.15, 0.2) is 16.7 Å². The standard InChI is InChI=1S/C22H14N2O5S/c25-14-6-3-5-13(10-14)18-17(20(27)21(28)24(18)22-23-8-9-30-22)19(26)16-11-12-4-1-2-7-15(12)29-16/h1-11,18,25,27H. The number of hydrogen-bond donors (Lipinski definition) is 2. The number of carbonyl (C=O) groups excluding carboxylic acids is 2. The van der Waals surface area contributed by atoms with Gasteiger partial charge in [0.25, 0.3) is 5.91 Å². The van der Waals surface area contributed by atoms with E-state index in [1.54, 1.807) is 41.8 Å². The van der Waals surface area contributed by atoms with Gasteiger partial charge >= 0.3 is 0 Å². The molecule has 1 unspecified atom stereocenters. The van der Waals surface area contributed by atoms with Crippen molar-refractivity contribution >= 4 is 39.1 Å². The zero-order valence-corrected chi connectivity index (χ0v) is 16.2. The van der Waals surface area contributed by atoms with Crippen LogP contribution in [-0.4, -0.2) is 26.9 Å². The Morgan fingerprint density at radius 2 is 1.93 bits per heavy atom. The van der Waals surface area contributed by atoms with E-state index >= 15 is 0 Å². The maximum atomic E-state index is 13.4. The number of aliphatic hydroxyl groups excluding tert-OH is 1. The number of aromatic nitrogens is 1. The first kappa shape index (κ1) is 18.1. The molecule has 5 rings (SSSR count). The second-order valence-corrected chi connectivity index (χ2v) is 7.60. The van der Waals surface area contributed by atoms with Gasteiger partial charge in [-0.2, -0.15) is 0 Å². The highest BCUT2D eigenvalue weighted by atomic mass is 32.1. The quantitative estimate of drug-likeness (QED) is 0.477. The fraction of sp³-hybridized carbons (Fsp3) is 0.0455. The van der Waals surface area contributed by atoms with Gasteiger partial charge in [-0.3, -0.25) is 14.5 Å². The van der Waals surface area contributed by atoms with Crippen LogP contribution in [0.25, 0.3) is 11.0 Å². The average molecular weight is 418 g/mol. The molecular weight excluding hydrogens is 404 g/mol. The van der Waals surface area contributed by atoms with Crippen LogP contribution < -0.4 is 4.90 Å². The minimum atomic E-state index is -0.962. The van der Waals surface area contributed by atoms with Crippen molar-refractivity contribution in [3.05, 3.63) is 88.8 Å². The lowest BCUT2D eigenvalue weighted by molar-refractivity contribution is -0.117. The summed E-state index contributed by atoms with van der Waals surface area (Å²) in [5.41, 5.74) is 0.859. The molecule has 3 heterocycles. The number of ketones is 1. The third kappa shape index (κ3) is 2.77. The monoisotopic (exact) mass is 418 g/mol. The number of thiazole rings is 1. The summed E-state index contributed by atoms with van der Waals surface area (Å²) in [4.78, 5) is 31.7. The van der Waals surface area contributed by atoms with Crippen molar-refractivity contribution in [3.8, 4) is 5.75 Å². The van der Waals surface area contributed by atoms with Crippen molar-refractivity contribution in [2.24, 2.45) is 0 Å². The second kappa shape index (κ2) is 6.85. The van der Waals surface area contributed by atoms with Crippen LogP contribution in [0.4, 0.5) is 5.13 Å². The lowest BCUT2D eigenvalue weighted by Crippen LogP contribution is -2.30. The van der Waals surface area contributed by atoms with Crippen LogP contribution in [0.15, 0.2) is 81.9 Å². The molecule has 0 fully saturated rings. The zero-order valence-electron chi connectivity index (χ0n) is 15.4. The highest BCUT2D eigenvalue weighted by Gasteiger charge is 2.46. The second-order valence-electron chi connectivity index (χ2n) is 6.73. The van der Waals surface area contributed by atoms with Gasteiger partial charge in [0.05, 0.1) is 11.6 Å². The lowest BCUT2D eigenvalue weighted by atomic mass is 9.95. The van der Waals surface area contributed by atoms with Crippen molar-refractivity contribution in [2.75, 3.05) is 4.90 Å². The Morgan fingerprint density at radius 3 is 2.67 bits per heavy atom. The Labute approximate surface area is 174 Å². The smallest absolute Gasteiger partial charge is 0.296 e. The predicted octanol–water partition coefficient (Wildman–Crippen LogP) is 4.38. The number of hydrogen-bond acceptors (Lipinski definition) is 7. The fourth-order valence-electron chi connectivity index (χ4n) is 3.61. The SMILES string of the molecule is O=C(C1=C(O)C(=O)N(c2nccs2)C1c1cccc(O)c1)c1cc2ccccc2o1. The van der Waals surface area contributed by atoms with E-state index in [2.05, 4.69) is 4.98 Å². The van der Waals surface area contributed by atoms with E-state index in [9.17, 15) is 19.8 Å². The summed E-state index contributed by atoms with van der Waals surface area (Å²) in [5.74, 6) is -2.02. The molecule has 0 aliphatic carbocycles. The summed E-state index contributed by atoms with van der Waals surface area (Å²) in [6.45, 7) is 0. The minimum absolute atomic E-state index is 0.0108. The van der Waals surface area contributed by atoms with Gasteiger partial charge in [-0.25, -0.2) is 4.98 Å². The molecule has 0 saturated heterocycles. The van der Waals surface area contributed by atoms with Gasteiger partial charge in [-0.15, -0.1) is 11.3 Å². The number of para-hydroxylation sites is 1. The number of aliphatic hydroxyl groups is 1. The molecule has 30 heavy (non-hydrogen) atoms. The molecule has 2 aromatic heterocycles. The largest absolute Gasteiger partial charge is 0.508 e. The van der Waals surface area contributed by atoms with Gasteiger partial charge in [0, 0.05) is 17.0 Å². The Bertz CT molecular complexity index is 1290. The van der Waals surface area contributed by atoms with Crippen LogP contribution in [0.3, 0.4) is 0 Å². The number of carbonyl (C=O) groups is 2. The fourth-order valence-corrected chi connectivity index (χ4v) is 4.27. The number of phenols is 1. The van der Waals surface area contributed by atoms with Gasteiger partial charge in [-0.05, 0) is 29.8 Å². The number of Topliss-reactive ketones (excluding diaryl/α,β-unsaturated/α-hetero) is 1. The van der Waals surface area contributed by atoms with Crippen molar-refractivity contribution < 1.29 is 24.2 Å². The van der Waals surface area contributed by atoms with Crippen LogP contribution in [0, 0.1) is 0 Å². The maximum absolute atomic E-state index is 13.4. The number of fused-ring (bicyclic) bond motifs is 1. The molecule has 1 atom stereocenters. The molecule has 148 valence electrons. The average Bonchev–Trinajstić information content (AvgIpc) is 3.46. The molecule has 1 aliphatic rings. The summed E-state index contributed by atoms with van der Waals surface area (Å²) in [6, 6.07) is 14.0. The summed E-state index contributed by atoms with van der Waals surface area (Å²) < 4.78 is 5.67. The topological polar surface area (TPSA) is 104 Å². The van der Waals surface area contributed by atoms with Crippen LogP contribution >= 0.6 is 11.3 Å². The van der Waals surface area contributed by atoms with E-state index in [1.807, 2.05) is 6.07 Å². The van der Waals surface area contributed by atoms with E-state index in [-0.39, 0.29) is 17.1 Å². The van der Waals surface area contributed by atoms with Gasteiger partial charge in [0.1, 0.15) is 11.3 Å². The number of aromatic hydroxyl groups is 1. The molecule has 4 aromatic rings. The molecule has 2 N–H and O–H groups in total. The molecule has 8 heteroatoms. The first-order chi connectivity index (χ1) is 14.5. The molecular formula is C22H14N2O5S. The summed E-state index contributed by atoms with van der Waals surface area (Å²) in [5, 5.41) is 23.4. The van der Waals surface area contributed by atoms with Gasteiger partial charge < -0.3 is 14.6 Å². The summed E-state index contributed by atoms with van der Waals surface area (Å²) in [6.07, 6.45) is 1.53. The number of anilines is 1. The van der Waals surface area contributed by atoms with Crippen LogP contribution in [0.2, 0.25) is 0 Å². The van der Waals surface area contributed by atoms with E-state index in [0.29, 0.717) is 16.3 Å². The lowest BCUT2D eigenvalue weighted by Gasteiger charge is -2.24. The highest BCUT2D eigenvalue weighted by molar-refractivity contribution is 7.13. The Kier molecular flexibility index (Phi) is 4.14. The van der Waals surface area contributed by atoms with E-state index in [4.69, 9.17) is 4.42 Å². The first-order valence-electron chi connectivity index (χ1n) is 9.03. The third-order valence-electron chi connectivity index (χ3n) is 4.91. The van der Waals surface area contributed by atoms with Crippen molar-refractivity contribution in [2.45, 2.75) is 6.04 Å². The number of amides is 1.